The molecule has 3 rings (SSSR count). The predicted octanol–water partition coefficient (Wildman–Crippen LogP) is 3.51. The molecule has 0 bridgehead atoms. The zero-order valence-corrected chi connectivity index (χ0v) is 13.8. The molecule has 24 heavy (non-hydrogen) atoms. The third-order valence-corrected chi connectivity index (χ3v) is 4.66. The fourth-order valence-electron chi connectivity index (χ4n) is 3.13. The van der Waals surface area contributed by atoms with E-state index in [9.17, 15) is 9.90 Å². The number of rotatable bonds is 4. The van der Waals surface area contributed by atoms with E-state index in [1.807, 2.05) is 41.3 Å². The molecule has 2 aromatic carbocycles. The SMILES string of the molecule is O=C(Nc1ccccc1Cc1ccccc1)N1CCC(CO)CC1. The monoisotopic (exact) mass is 324 g/mol. The first kappa shape index (κ1) is 16.5. The first-order chi connectivity index (χ1) is 11.8. The Morgan fingerprint density at radius 2 is 1.71 bits per heavy atom. The van der Waals surface area contributed by atoms with Gasteiger partial charge in [0.05, 0.1) is 0 Å². The van der Waals surface area contributed by atoms with Crippen LogP contribution in [-0.4, -0.2) is 35.7 Å². The molecule has 0 spiro atoms. The molecule has 126 valence electrons. The molecule has 1 fully saturated rings. The van der Waals surface area contributed by atoms with Crippen LogP contribution >= 0.6 is 0 Å². The van der Waals surface area contributed by atoms with Gasteiger partial charge in [0, 0.05) is 25.4 Å². The summed E-state index contributed by atoms with van der Waals surface area (Å²) in [4.78, 5) is 14.4. The van der Waals surface area contributed by atoms with E-state index >= 15 is 0 Å². The van der Waals surface area contributed by atoms with Crippen LogP contribution in [0.4, 0.5) is 10.5 Å². The molecule has 1 heterocycles. The van der Waals surface area contributed by atoms with Crippen LogP contribution in [0.5, 0.6) is 0 Å². The number of hydrogen-bond donors (Lipinski definition) is 2. The molecule has 0 unspecified atom stereocenters. The van der Waals surface area contributed by atoms with Crippen LogP contribution < -0.4 is 5.32 Å². The summed E-state index contributed by atoms with van der Waals surface area (Å²) in [5.41, 5.74) is 3.21. The number of piperidine rings is 1. The Morgan fingerprint density at radius 1 is 1.04 bits per heavy atom. The Bertz CT molecular complexity index is 664. The van der Waals surface area contributed by atoms with Gasteiger partial charge in [-0.3, -0.25) is 0 Å². The zero-order valence-electron chi connectivity index (χ0n) is 13.8. The average Bonchev–Trinajstić information content (AvgIpc) is 2.64. The molecule has 2 amide bonds. The number of nitrogens with zero attached hydrogens (tertiary/aromatic N) is 1. The molecule has 2 N–H and O–H groups in total. The van der Waals surface area contributed by atoms with E-state index < -0.39 is 0 Å². The predicted molar refractivity (Wildman–Crippen MR) is 96.1 cm³/mol. The highest BCUT2D eigenvalue weighted by atomic mass is 16.3. The fraction of sp³-hybridized carbons (Fsp3) is 0.350. The maximum absolute atomic E-state index is 12.5. The quantitative estimate of drug-likeness (QED) is 0.904. The van der Waals surface area contributed by atoms with E-state index in [-0.39, 0.29) is 12.6 Å². The van der Waals surface area contributed by atoms with Crippen LogP contribution in [0.1, 0.15) is 24.0 Å². The molecular weight excluding hydrogens is 300 g/mol. The van der Waals surface area contributed by atoms with E-state index in [0.29, 0.717) is 19.0 Å². The van der Waals surface area contributed by atoms with Crippen LogP contribution in [-0.2, 0) is 6.42 Å². The summed E-state index contributed by atoms with van der Waals surface area (Å²) in [6, 6.07) is 18.2. The lowest BCUT2D eigenvalue weighted by molar-refractivity contribution is 0.143. The van der Waals surface area contributed by atoms with Crippen molar-refractivity contribution in [3.05, 3.63) is 65.7 Å². The largest absolute Gasteiger partial charge is 0.396 e. The number of para-hydroxylation sites is 1. The van der Waals surface area contributed by atoms with Crippen molar-refractivity contribution in [2.75, 3.05) is 25.0 Å². The number of anilines is 1. The van der Waals surface area contributed by atoms with E-state index in [1.165, 1.54) is 5.56 Å². The van der Waals surface area contributed by atoms with Gasteiger partial charge in [-0.05, 0) is 42.4 Å². The highest BCUT2D eigenvalue weighted by Crippen LogP contribution is 2.21. The molecule has 0 aliphatic carbocycles. The van der Waals surface area contributed by atoms with Gasteiger partial charge < -0.3 is 15.3 Å². The Labute approximate surface area is 143 Å². The minimum absolute atomic E-state index is 0.0492. The van der Waals surface area contributed by atoms with E-state index in [4.69, 9.17) is 0 Å². The number of urea groups is 1. The first-order valence-electron chi connectivity index (χ1n) is 8.55. The van der Waals surface area contributed by atoms with E-state index in [2.05, 4.69) is 23.5 Å². The van der Waals surface area contributed by atoms with Crippen molar-refractivity contribution in [3.63, 3.8) is 0 Å². The van der Waals surface area contributed by atoms with Crippen molar-refractivity contribution in [1.29, 1.82) is 0 Å². The maximum Gasteiger partial charge on any atom is 0.321 e. The Kier molecular flexibility index (Phi) is 5.49. The van der Waals surface area contributed by atoms with Gasteiger partial charge in [-0.25, -0.2) is 4.79 Å². The third kappa shape index (κ3) is 4.15. The number of carbonyl (C=O) groups excluding carboxylic acids is 1. The Balaban J connectivity index is 1.66. The summed E-state index contributed by atoms with van der Waals surface area (Å²) in [6.45, 7) is 1.63. The van der Waals surface area contributed by atoms with Crippen molar-refractivity contribution >= 4 is 11.7 Å². The summed E-state index contributed by atoms with van der Waals surface area (Å²) in [7, 11) is 0. The third-order valence-electron chi connectivity index (χ3n) is 4.66. The van der Waals surface area contributed by atoms with Gasteiger partial charge in [-0.2, -0.15) is 0 Å². The fourth-order valence-corrected chi connectivity index (χ4v) is 3.13. The molecule has 1 saturated heterocycles. The summed E-state index contributed by atoms with van der Waals surface area (Å²) in [5, 5.41) is 12.3. The van der Waals surface area contributed by atoms with E-state index in [0.717, 1.165) is 30.5 Å². The van der Waals surface area contributed by atoms with Crippen LogP contribution in [0.25, 0.3) is 0 Å². The highest BCUT2D eigenvalue weighted by Gasteiger charge is 2.22. The van der Waals surface area contributed by atoms with Crippen LogP contribution in [0.3, 0.4) is 0 Å². The number of aliphatic hydroxyl groups is 1. The maximum atomic E-state index is 12.5. The number of hydrogen-bond acceptors (Lipinski definition) is 2. The normalized spacial score (nSPS) is 15.3. The van der Waals surface area contributed by atoms with Crippen molar-refractivity contribution in [3.8, 4) is 0 Å². The molecule has 4 heteroatoms. The molecule has 1 aliphatic heterocycles. The molecule has 0 saturated carbocycles. The smallest absolute Gasteiger partial charge is 0.321 e. The van der Waals surface area contributed by atoms with Gasteiger partial charge in [0.2, 0.25) is 0 Å². The lowest BCUT2D eigenvalue weighted by Gasteiger charge is -2.31. The summed E-state index contributed by atoms with van der Waals surface area (Å²) >= 11 is 0. The summed E-state index contributed by atoms with van der Waals surface area (Å²) in [5.74, 6) is 0.333. The zero-order chi connectivity index (χ0) is 16.8. The Hall–Kier alpha value is -2.33. The molecule has 0 aromatic heterocycles. The van der Waals surface area contributed by atoms with Gasteiger partial charge in [-0.15, -0.1) is 0 Å². The second kappa shape index (κ2) is 7.97. The summed E-state index contributed by atoms with van der Waals surface area (Å²) in [6.07, 6.45) is 2.54. The Morgan fingerprint density at radius 3 is 2.42 bits per heavy atom. The van der Waals surface area contributed by atoms with Gasteiger partial charge in [0.25, 0.3) is 0 Å². The van der Waals surface area contributed by atoms with Gasteiger partial charge >= 0.3 is 6.03 Å². The minimum atomic E-state index is -0.0492. The number of amides is 2. The number of benzene rings is 2. The van der Waals surface area contributed by atoms with Gasteiger partial charge in [-0.1, -0.05) is 48.5 Å². The van der Waals surface area contributed by atoms with Crippen molar-refractivity contribution in [2.45, 2.75) is 19.3 Å². The lowest BCUT2D eigenvalue weighted by atomic mass is 9.98. The highest BCUT2D eigenvalue weighted by molar-refractivity contribution is 5.90. The topological polar surface area (TPSA) is 52.6 Å². The summed E-state index contributed by atoms with van der Waals surface area (Å²) < 4.78 is 0. The second-order valence-corrected chi connectivity index (χ2v) is 6.36. The standard InChI is InChI=1S/C20H24N2O2/c23-15-17-10-12-22(13-11-17)20(24)21-19-9-5-4-8-18(19)14-16-6-2-1-3-7-16/h1-9,17,23H,10-15H2,(H,21,24). The first-order valence-corrected chi connectivity index (χ1v) is 8.55. The lowest BCUT2D eigenvalue weighted by Crippen LogP contribution is -2.41. The molecule has 1 aliphatic rings. The molecule has 0 atom stereocenters. The molecular formula is C20H24N2O2. The molecule has 4 nitrogen and oxygen atoms in total. The van der Waals surface area contributed by atoms with Crippen molar-refractivity contribution in [1.82, 2.24) is 4.90 Å². The van der Waals surface area contributed by atoms with Crippen LogP contribution in [0.15, 0.2) is 54.6 Å². The molecule has 2 aromatic rings. The number of likely N-dealkylation sites (tertiary alicyclic amines) is 1. The number of carbonyl (C=O) groups is 1. The van der Waals surface area contributed by atoms with Crippen molar-refractivity contribution in [2.24, 2.45) is 5.92 Å². The van der Waals surface area contributed by atoms with E-state index in [1.54, 1.807) is 0 Å². The number of nitrogens with one attached hydrogen (secondary N) is 1. The molecule has 0 radical (unpaired) electrons. The number of aliphatic hydroxyl groups excluding tert-OH is 1. The second-order valence-electron chi connectivity index (χ2n) is 6.36. The van der Waals surface area contributed by atoms with Crippen molar-refractivity contribution < 1.29 is 9.90 Å². The average molecular weight is 324 g/mol. The van der Waals surface area contributed by atoms with Gasteiger partial charge in [0.1, 0.15) is 0 Å². The van der Waals surface area contributed by atoms with Gasteiger partial charge in [0.15, 0.2) is 0 Å². The minimum Gasteiger partial charge on any atom is -0.396 e. The van der Waals surface area contributed by atoms with Crippen LogP contribution in [0.2, 0.25) is 0 Å². The van der Waals surface area contributed by atoms with Crippen LogP contribution in [0, 0.1) is 5.92 Å².